The van der Waals surface area contributed by atoms with Gasteiger partial charge in [0.15, 0.2) is 0 Å². The number of piperazine rings is 3. The number of amides is 1. The SMILES string of the molecule is C#Cc1cnc(N2CC3CCC(C2)N3C2COC2)cc1C.CC(C)(C)OC(=O)N1C2CCC1CNC2.Cc1cc(F)ncc1I.Cc1cc(N2CC3CCC(C2)N3)ncc1C#C[Si](C)(C)C.Cl.S=S=S=S=S=S=S=S=S=S=S=S=S=S=S=S=S=S=S=S=S=S=S=S=S=S=S=S=S=S=S=S=S=S=S=S=S=S=S=S=S=S=S=S=S=S. The standard InChI is InChI=1S/C17H21N3O.C17H25N3Si.C11H20N2O2.C6H5FIN.ClH.S46/c1-3-13-7-18-17(6-12(13)2)19-8-14-4-5-15(9-19)20(14)16-10-21-11-16;1-13-9-17(18-10-14(13)7-8-21(2,3)4)20-11-15-5-6-16(12-20)19-15;1-11(2,3)15-10(14)13-8-4-5-9(13)7-12-6-8;1-4-2-6(7)9-3-5(4)8;;1-3-5-7-9-11-13-15-17-19-21-23-25-27-29-31-33-35-37-39-41-43-45-46-44-42-40-38-36-34-32-30-28-26-24-22-20-18-16-14-12-10-8-6-4-2/h1,6-7,14-16H,4-5,8-11H2,2H3;9-10,15-16,19H,5-6,11-12H2,1-4H3;8-9,12H,4-7H2,1-3H3;2-3H,1H3;1H;. The van der Waals surface area contributed by atoms with E-state index in [0.29, 0.717) is 42.3 Å². The first kappa shape index (κ1) is 110. The highest BCUT2D eigenvalue weighted by Gasteiger charge is 2.46. The molecule has 640 valence electrons. The molecular weight excluding hydrogens is 2470 g/mol. The minimum atomic E-state index is -1.33. The van der Waals surface area contributed by atoms with Crippen molar-refractivity contribution >= 4 is 474 Å². The summed E-state index contributed by atoms with van der Waals surface area (Å²) < 4.78 is 24.0. The Hall–Kier alpha value is 6.57. The van der Waals surface area contributed by atoms with Crippen molar-refractivity contribution in [2.75, 3.05) is 62.3 Å². The summed E-state index contributed by atoms with van der Waals surface area (Å²) in [5.74, 6) is 7.80. The van der Waals surface area contributed by atoms with Crippen LogP contribution in [0.4, 0.5) is 20.8 Å². The first-order valence-electron chi connectivity index (χ1n) is 31.4. The van der Waals surface area contributed by atoms with Crippen molar-refractivity contribution in [1.29, 1.82) is 0 Å². The second kappa shape index (κ2) is 67.7. The van der Waals surface area contributed by atoms with Gasteiger partial charge in [0.05, 0.1) is 19.3 Å². The lowest BCUT2D eigenvalue weighted by Crippen LogP contribution is -2.62. The molecule has 6 atom stereocenters. The van der Waals surface area contributed by atoms with Crippen molar-refractivity contribution in [3.63, 3.8) is 0 Å². The first-order chi connectivity index (χ1) is 54.2. The molecule has 7 fully saturated rings. The fourth-order valence-corrected chi connectivity index (χ4v) is 127. The maximum Gasteiger partial charge on any atom is 0.410 e. The van der Waals surface area contributed by atoms with Gasteiger partial charge >= 0.3 is 6.09 Å². The van der Waals surface area contributed by atoms with E-state index in [2.05, 4.69) is 126 Å². The third-order valence-corrected chi connectivity index (χ3v) is 112. The van der Waals surface area contributed by atoms with Gasteiger partial charge in [0.25, 0.3) is 0 Å². The van der Waals surface area contributed by atoms with Crippen LogP contribution in [-0.2, 0) is 423 Å². The number of carbonyl (C=O) groups is 1. The van der Waals surface area contributed by atoms with E-state index in [9.17, 15) is 9.18 Å². The minimum Gasteiger partial charge on any atom is -0.444 e. The summed E-state index contributed by atoms with van der Waals surface area (Å²) in [6.07, 6.45) is 18.1. The van der Waals surface area contributed by atoms with E-state index in [1.54, 1.807) is 107 Å². The van der Waals surface area contributed by atoms with Crippen LogP contribution < -0.4 is 20.4 Å². The number of aryl methyl sites for hydroxylation is 3. The molecule has 1 amide bonds. The fourth-order valence-electron chi connectivity index (χ4n) is 10.4. The van der Waals surface area contributed by atoms with Crippen molar-refractivity contribution in [2.45, 2.75) is 148 Å². The second-order valence-electron chi connectivity index (χ2n) is 24.0. The van der Waals surface area contributed by atoms with E-state index in [-0.39, 0.29) is 24.1 Å². The maximum absolute atomic E-state index is 12.2. The molecular formula is C51H72ClFIN9O3S46Si. The van der Waals surface area contributed by atoms with Crippen LogP contribution >= 0.6 is 35.0 Å². The highest BCUT2D eigenvalue weighted by Crippen LogP contribution is 2.36. The lowest BCUT2D eigenvalue weighted by atomic mass is 10.1. The zero-order valence-corrected chi connectivity index (χ0v) is 101. The number of terminal acetylenes is 1. The van der Waals surface area contributed by atoms with E-state index >= 15 is 0 Å². The Morgan fingerprint density at radius 2 is 0.858 bits per heavy atom. The van der Waals surface area contributed by atoms with Gasteiger partial charge in [-0.1, -0.05) is 31.5 Å². The number of nitrogens with one attached hydrogen (secondary N) is 2. The second-order valence-corrected chi connectivity index (χ2v) is 108. The van der Waals surface area contributed by atoms with Gasteiger partial charge in [0.1, 0.15) is 25.3 Å². The third kappa shape index (κ3) is 49.4. The number of hydrogen-bond acceptors (Lipinski definition) is 13. The summed E-state index contributed by atoms with van der Waals surface area (Å²) >= 11 is 11.7. The number of halogens is 3. The van der Waals surface area contributed by atoms with Gasteiger partial charge in [-0.15, -0.1) is 24.4 Å². The highest BCUT2D eigenvalue weighted by molar-refractivity contribution is 14.1. The molecule has 7 aliphatic heterocycles. The van der Waals surface area contributed by atoms with Crippen LogP contribution in [0.3, 0.4) is 0 Å². The number of hydrogen-bond donors (Lipinski definition) is 2. The van der Waals surface area contributed by atoms with E-state index in [0.717, 1.165) is 103 Å². The number of nitrogens with zero attached hydrogens (tertiary/aromatic N) is 7. The average Bonchev–Trinajstić information content (AvgIpc) is 1.64. The molecule has 0 radical (unpaired) electrons. The summed E-state index contributed by atoms with van der Waals surface area (Å²) in [6, 6.07) is 9.73. The third-order valence-electron chi connectivity index (χ3n) is 14.6. The lowest BCUT2D eigenvalue weighted by molar-refractivity contribution is -0.0850. The number of ether oxygens (including phenoxy) is 2. The predicted octanol–water partition coefficient (Wildman–Crippen LogP) is 7.79. The van der Waals surface area contributed by atoms with Crippen LogP contribution in [0.15, 0.2) is 36.8 Å². The van der Waals surface area contributed by atoms with E-state index < -0.39 is 14.0 Å². The molecule has 3 aromatic heterocycles. The minimum absolute atomic E-state index is 0. The Morgan fingerprint density at radius 3 is 1.16 bits per heavy atom. The molecule has 0 spiro atoms. The molecule has 10 heterocycles. The molecule has 10 rings (SSSR count). The Kier molecular flexibility index (Phi) is 66.0. The van der Waals surface area contributed by atoms with Crippen LogP contribution in [-0.4, -0.2) is 139 Å². The van der Waals surface area contributed by atoms with Crippen molar-refractivity contribution in [2.24, 2.45) is 0 Å². The Balaban J connectivity index is 0.000000279. The largest absolute Gasteiger partial charge is 0.444 e. The van der Waals surface area contributed by atoms with Crippen molar-refractivity contribution in [3.05, 3.63) is 74.1 Å². The van der Waals surface area contributed by atoms with Gasteiger partial charge in [-0.25, -0.2) is 19.7 Å². The first-order valence-corrected chi connectivity index (χ1v) is 96.0. The van der Waals surface area contributed by atoms with Gasteiger partial charge in [-0.2, -0.15) is 4.39 Å². The van der Waals surface area contributed by atoms with Crippen molar-refractivity contribution in [1.82, 2.24) is 35.4 Å². The molecule has 2 N–H and O–H groups in total. The van der Waals surface area contributed by atoms with Gasteiger partial charge in [0, 0.05) is 522 Å². The summed E-state index contributed by atoms with van der Waals surface area (Å²) in [7, 11) is 77.1. The van der Waals surface area contributed by atoms with Crippen molar-refractivity contribution in [3.8, 4) is 23.8 Å². The highest BCUT2D eigenvalue weighted by atomic mass is 127. The quantitative estimate of drug-likeness (QED) is 0.115. The van der Waals surface area contributed by atoms with E-state index in [4.69, 9.17) is 38.3 Å². The Morgan fingerprint density at radius 1 is 0.513 bits per heavy atom. The average molecular weight is 2540 g/mol. The number of pyridine rings is 3. The van der Waals surface area contributed by atoms with E-state index in [1.807, 2.05) is 311 Å². The topological polar surface area (TPSA) is 111 Å². The van der Waals surface area contributed by atoms with Crippen LogP contribution in [0, 0.1) is 54.1 Å². The molecule has 12 nitrogen and oxygen atoms in total. The van der Waals surface area contributed by atoms with Gasteiger partial charge in [0.2, 0.25) is 5.95 Å². The van der Waals surface area contributed by atoms with Crippen LogP contribution in [0.2, 0.25) is 19.6 Å². The molecule has 7 aliphatic rings. The lowest BCUT2D eigenvalue weighted by Gasteiger charge is -2.48. The molecule has 3 aromatic rings. The number of rotatable bonds is 3. The smallest absolute Gasteiger partial charge is 0.410 e. The van der Waals surface area contributed by atoms with E-state index in [1.165, 1.54) is 61.3 Å². The molecule has 0 aromatic carbocycles. The molecule has 0 saturated carbocycles. The molecule has 113 heavy (non-hydrogen) atoms. The Labute approximate surface area is 819 Å². The molecule has 62 heteroatoms. The zero-order valence-electron chi connectivity index (χ0n) is 59.8. The fraction of sp³-hybridized carbons (Fsp3) is 0.608. The summed E-state index contributed by atoms with van der Waals surface area (Å²) in [4.78, 5) is 34.2. The van der Waals surface area contributed by atoms with Crippen LogP contribution in [0.25, 0.3) is 0 Å². The van der Waals surface area contributed by atoms with Gasteiger partial charge in [-0.05, 0) is 138 Å². The van der Waals surface area contributed by atoms with Gasteiger partial charge in [-0.3, -0.25) is 9.80 Å². The number of aromatic nitrogens is 3. The molecule has 6 bridgehead atoms. The summed E-state index contributed by atoms with van der Waals surface area (Å²) in [6.45, 7) is 26.6. The normalized spacial score (nSPS) is 18.0. The number of carbonyl (C=O) groups excluding carboxylic acids is 1. The molecule has 7 saturated heterocycles. The van der Waals surface area contributed by atoms with Gasteiger partial charge < -0.3 is 29.9 Å². The Bertz CT molecular complexity index is 5970. The number of anilines is 2. The molecule has 6 unspecified atom stereocenters. The predicted molar refractivity (Wildman–Crippen MR) is 619 cm³/mol. The van der Waals surface area contributed by atoms with Crippen LogP contribution in [0.1, 0.15) is 87.1 Å². The summed E-state index contributed by atoms with van der Waals surface area (Å²) in [5.41, 5.74) is 8.34. The molecule has 0 aliphatic carbocycles. The zero-order chi connectivity index (χ0) is 80.5. The van der Waals surface area contributed by atoms with Crippen LogP contribution in [0.5, 0.6) is 0 Å². The monoisotopic (exact) mass is 2540 g/mol. The maximum atomic E-state index is 12.2. The van der Waals surface area contributed by atoms with Crippen molar-refractivity contribution < 1.29 is 18.7 Å². The number of fused-ring (bicyclic) bond motifs is 6. The summed E-state index contributed by atoms with van der Waals surface area (Å²) in [5, 5.41) is 7.01.